The Morgan fingerprint density at radius 3 is 2.47 bits per heavy atom. The fraction of sp³-hybridized carbons (Fsp3) is 0.406. The molecule has 0 amide bonds. The van der Waals surface area contributed by atoms with Gasteiger partial charge in [0.1, 0.15) is 11.3 Å². The molecular weight excluding hydrogens is 560 g/mol. The second-order valence-electron chi connectivity index (χ2n) is 11.4. The smallest absolute Gasteiger partial charge is 0.293 e. The maximum absolute atomic E-state index is 9.60. The summed E-state index contributed by atoms with van der Waals surface area (Å²) in [6, 6.07) is 14.9. The van der Waals surface area contributed by atoms with Crippen molar-refractivity contribution in [3.05, 3.63) is 67.3 Å². The highest BCUT2D eigenvalue weighted by Crippen LogP contribution is 2.31. The largest absolute Gasteiger partial charge is 0.462 e. The highest BCUT2D eigenvalue weighted by Gasteiger charge is 2.21. The molecule has 43 heavy (non-hydrogen) atoms. The minimum atomic E-state index is -0.318. The Morgan fingerprint density at radius 1 is 1.12 bits per heavy atom. The first kappa shape index (κ1) is 32.1. The van der Waals surface area contributed by atoms with Gasteiger partial charge in [-0.25, -0.2) is 14.3 Å². The first-order valence-electron chi connectivity index (χ1n) is 14.5. The van der Waals surface area contributed by atoms with Crippen LogP contribution < -0.4 is 5.32 Å². The van der Waals surface area contributed by atoms with E-state index >= 15 is 0 Å². The summed E-state index contributed by atoms with van der Waals surface area (Å²) >= 11 is 1.81. The SMILES string of the molecule is CC(C)(C)OC=O.CCn1cc(-c2ccnc(Nc3ccc(SN(C)C4CCN(C)CC4)cc3)n2)c(-c2cccnc2)n1. The van der Waals surface area contributed by atoms with Gasteiger partial charge in [0.25, 0.3) is 6.47 Å². The van der Waals surface area contributed by atoms with E-state index in [4.69, 9.17) is 10.1 Å². The predicted octanol–water partition coefficient (Wildman–Crippen LogP) is 6.16. The van der Waals surface area contributed by atoms with Gasteiger partial charge in [0.2, 0.25) is 5.95 Å². The summed E-state index contributed by atoms with van der Waals surface area (Å²) in [5, 5.41) is 8.10. The van der Waals surface area contributed by atoms with Crippen molar-refractivity contribution in [3.8, 4) is 22.5 Å². The quantitative estimate of drug-likeness (QED) is 0.177. The molecular formula is C32H42N8O2S. The standard InChI is InChI=1S/C27H32N8S.C5H10O2/c1-4-35-19-24(26(32-35)20-6-5-14-28-18-20)25-11-15-29-27(31-25)30-21-7-9-23(10-8-21)36-34(3)22-12-16-33(2)17-13-22;1-5(2,3)7-4-6/h5-11,14-15,18-19,22H,4,12-13,16-17H2,1-3H3,(H,29,30,31);4H,1-3H3. The molecule has 0 bridgehead atoms. The summed E-state index contributed by atoms with van der Waals surface area (Å²) in [6.07, 6.45) is 9.84. The zero-order chi connectivity index (χ0) is 30.8. The first-order chi connectivity index (χ1) is 20.6. The molecule has 0 saturated carbocycles. The van der Waals surface area contributed by atoms with Gasteiger partial charge in [-0.1, -0.05) is 0 Å². The average Bonchev–Trinajstić information content (AvgIpc) is 3.44. The van der Waals surface area contributed by atoms with Crippen LogP contribution in [0.4, 0.5) is 11.6 Å². The van der Waals surface area contributed by atoms with E-state index in [9.17, 15) is 4.79 Å². The van der Waals surface area contributed by atoms with Crippen molar-refractivity contribution in [2.24, 2.45) is 0 Å². The summed E-state index contributed by atoms with van der Waals surface area (Å²) in [5.74, 6) is 0.553. The van der Waals surface area contributed by atoms with Crippen molar-refractivity contribution in [2.45, 2.75) is 63.6 Å². The minimum absolute atomic E-state index is 0.318. The zero-order valence-electron chi connectivity index (χ0n) is 25.9. The van der Waals surface area contributed by atoms with E-state index in [1.165, 1.54) is 30.8 Å². The number of ether oxygens (including phenoxy) is 1. The highest BCUT2D eigenvalue weighted by atomic mass is 32.2. The van der Waals surface area contributed by atoms with E-state index in [1.807, 2.05) is 68.0 Å². The molecule has 228 valence electrons. The molecule has 11 heteroatoms. The third kappa shape index (κ3) is 9.60. The molecule has 10 nitrogen and oxygen atoms in total. The van der Waals surface area contributed by atoms with E-state index in [2.05, 4.69) is 74.5 Å². The van der Waals surface area contributed by atoms with Crippen LogP contribution in [0.1, 0.15) is 40.5 Å². The summed E-state index contributed by atoms with van der Waals surface area (Å²) in [6.45, 7) is 11.1. The number of pyridine rings is 1. The molecule has 1 aliphatic rings. The van der Waals surface area contributed by atoms with Crippen LogP contribution in [0.3, 0.4) is 0 Å². The van der Waals surface area contributed by atoms with Gasteiger partial charge in [-0.05, 0) is 122 Å². The summed E-state index contributed by atoms with van der Waals surface area (Å²) in [5.41, 5.74) is 4.24. The third-order valence-corrected chi connectivity index (χ3v) is 7.99. The van der Waals surface area contributed by atoms with E-state index < -0.39 is 0 Å². The Bertz CT molecular complexity index is 1430. The van der Waals surface area contributed by atoms with E-state index in [-0.39, 0.29) is 5.60 Å². The lowest BCUT2D eigenvalue weighted by molar-refractivity contribution is -0.138. The van der Waals surface area contributed by atoms with Crippen molar-refractivity contribution in [2.75, 3.05) is 32.5 Å². The number of aromatic nitrogens is 5. The van der Waals surface area contributed by atoms with Crippen LogP contribution in [-0.4, -0.2) is 79.2 Å². The Balaban J connectivity index is 0.000000541. The second kappa shape index (κ2) is 15.1. The Kier molecular flexibility index (Phi) is 11.3. The fourth-order valence-electron chi connectivity index (χ4n) is 4.53. The maximum Gasteiger partial charge on any atom is 0.293 e. The van der Waals surface area contributed by atoms with Crippen molar-refractivity contribution < 1.29 is 9.53 Å². The number of nitrogens with zero attached hydrogens (tertiary/aromatic N) is 7. The fourth-order valence-corrected chi connectivity index (χ4v) is 5.48. The van der Waals surface area contributed by atoms with Crippen LogP contribution in [0.15, 0.2) is 72.1 Å². The molecule has 0 unspecified atom stereocenters. The van der Waals surface area contributed by atoms with Gasteiger partial charge < -0.3 is 15.0 Å². The number of hydrogen-bond donors (Lipinski definition) is 1. The van der Waals surface area contributed by atoms with E-state index in [0.29, 0.717) is 18.5 Å². The van der Waals surface area contributed by atoms with Crippen molar-refractivity contribution in [1.29, 1.82) is 0 Å². The molecule has 1 saturated heterocycles. The predicted molar refractivity (Wildman–Crippen MR) is 173 cm³/mol. The molecule has 1 aromatic carbocycles. The lowest BCUT2D eigenvalue weighted by atomic mass is 10.1. The number of likely N-dealkylation sites (tertiary alicyclic amines) is 1. The Morgan fingerprint density at radius 2 is 1.86 bits per heavy atom. The van der Waals surface area contributed by atoms with Gasteiger partial charge >= 0.3 is 0 Å². The van der Waals surface area contributed by atoms with Crippen LogP contribution in [0.25, 0.3) is 22.5 Å². The third-order valence-electron chi connectivity index (χ3n) is 6.92. The molecule has 0 spiro atoms. The van der Waals surface area contributed by atoms with Gasteiger partial charge in [-0.2, -0.15) is 5.10 Å². The summed E-state index contributed by atoms with van der Waals surface area (Å²) in [7, 11) is 4.40. The van der Waals surface area contributed by atoms with E-state index in [1.54, 1.807) is 12.4 Å². The first-order valence-corrected chi connectivity index (χ1v) is 15.3. The number of aryl methyl sites for hydroxylation is 1. The minimum Gasteiger partial charge on any atom is -0.462 e. The number of carbonyl (C=O) groups is 1. The normalized spacial score (nSPS) is 14.2. The number of piperidine rings is 1. The lowest BCUT2D eigenvalue weighted by Crippen LogP contribution is -2.39. The Labute approximate surface area is 259 Å². The molecule has 5 rings (SSSR count). The molecule has 0 radical (unpaired) electrons. The van der Waals surface area contributed by atoms with Crippen molar-refractivity contribution in [3.63, 3.8) is 0 Å². The maximum atomic E-state index is 9.60. The molecule has 1 aliphatic heterocycles. The number of nitrogens with one attached hydrogen (secondary N) is 1. The molecule has 3 aromatic heterocycles. The van der Waals surface area contributed by atoms with Crippen molar-refractivity contribution in [1.82, 2.24) is 33.9 Å². The summed E-state index contributed by atoms with van der Waals surface area (Å²) in [4.78, 5) is 26.7. The number of carbonyl (C=O) groups excluding carboxylic acids is 1. The second-order valence-corrected chi connectivity index (χ2v) is 12.6. The highest BCUT2D eigenvalue weighted by molar-refractivity contribution is 7.97. The average molecular weight is 603 g/mol. The number of rotatable bonds is 9. The molecule has 1 N–H and O–H groups in total. The van der Waals surface area contributed by atoms with Gasteiger partial charge in [-0.15, -0.1) is 0 Å². The van der Waals surface area contributed by atoms with Gasteiger partial charge in [0, 0.05) is 59.1 Å². The number of benzene rings is 1. The molecule has 4 heterocycles. The van der Waals surface area contributed by atoms with Gasteiger partial charge in [0.15, 0.2) is 0 Å². The number of hydrogen-bond acceptors (Lipinski definition) is 10. The monoisotopic (exact) mass is 602 g/mol. The van der Waals surface area contributed by atoms with E-state index in [0.717, 1.165) is 34.7 Å². The van der Waals surface area contributed by atoms with Crippen LogP contribution in [0.5, 0.6) is 0 Å². The molecule has 1 fully saturated rings. The number of anilines is 2. The van der Waals surface area contributed by atoms with Crippen LogP contribution >= 0.6 is 11.9 Å². The Hall–Kier alpha value is -3.80. The molecule has 0 aliphatic carbocycles. The van der Waals surface area contributed by atoms with Gasteiger partial charge in [0.05, 0.1) is 5.69 Å². The topological polar surface area (TPSA) is 101 Å². The molecule has 4 aromatic rings. The van der Waals surface area contributed by atoms with Crippen molar-refractivity contribution >= 4 is 30.1 Å². The van der Waals surface area contributed by atoms with Crippen LogP contribution in [0.2, 0.25) is 0 Å². The summed E-state index contributed by atoms with van der Waals surface area (Å²) < 4.78 is 8.87. The van der Waals surface area contributed by atoms with Crippen LogP contribution in [0, 0.1) is 0 Å². The molecule has 0 atom stereocenters. The zero-order valence-corrected chi connectivity index (χ0v) is 26.7. The van der Waals surface area contributed by atoms with Crippen LogP contribution in [-0.2, 0) is 16.1 Å². The van der Waals surface area contributed by atoms with Gasteiger partial charge in [-0.3, -0.25) is 14.5 Å². The lowest BCUT2D eigenvalue weighted by Gasteiger charge is -2.34.